The number of carbonyl (C=O) groups is 2. The van der Waals surface area contributed by atoms with Crippen LogP contribution < -0.4 is 10.6 Å². The van der Waals surface area contributed by atoms with Crippen LogP contribution in [0.15, 0.2) is 66.1 Å². The van der Waals surface area contributed by atoms with Crippen LogP contribution in [0.2, 0.25) is 0 Å². The van der Waals surface area contributed by atoms with Gasteiger partial charge in [0.05, 0.1) is 4.92 Å². The first-order chi connectivity index (χ1) is 13.5. The van der Waals surface area contributed by atoms with E-state index in [9.17, 15) is 19.7 Å². The van der Waals surface area contributed by atoms with Crippen molar-refractivity contribution in [3.8, 4) is 0 Å². The topological polar surface area (TPSA) is 111 Å². The van der Waals surface area contributed by atoms with Gasteiger partial charge >= 0.3 is 0 Å². The van der Waals surface area contributed by atoms with E-state index in [1.165, 1.54) is 29.8 Å². The third kappa shape index (κ3) is 3.57. The summed E-state index contributed by atoms with van der Waals surface area (Å²) in [6.45, 7) is -0.206. The van der Waals surface area contributed by atoms with Crippen LogP contribution in [0.25, 0.3) is 0 Å². The molecule has 1 heterocycles. The Morgan fingerprint density at radius 1 is 1.14 bits per heavy atom. The number of nitro benzene ring substituents is 1. The van der Waals surface area contributed by atoms with Gasteiger partial charge in [-0.25, -0.2) is 0 Å². The van der Waals surface area contributed by atoms with E-state index in [2.05, 4.69) is 10.6 Å². The van der Waals surface area contributed by atoms with Gasteiger partial charge in [0.2, 0.25) is 11.7 Å². The molecular weight excluding hydrogens is 362 g/mol. The molecule has 8 heteroatoms. The predicted octanol–water partition coefficient (Wildman–Crippen LogP) is 2.49. The van der Waals surface area contributed by atoms with Crippen molar-refractivity contribution in [3.05, 3.63) is 81.7 Å². The monoisotopic (exact) mass is 379 g/mol. The lowest BCUT2D eigenvalue weighted by Crippen LogP contribution is -2.24. The number of nitro groups is 1. The zero-order chi connectivity index (χ0) is 19.7. The molecule has 1 amide bonds. The Morgan fingerprint density at radius 2 is 1.93 bits per heavy atom. The fourth-order valence-electron chi connectivity index (χ4n) is 3.23. The average Bonchev–Trinajstić information content (AvgIpc) is 3.36. The molecule has 2 aliphatic rings. The number of ether oxygens (including phenoxy) is 1. The molecular formula is C20H17N3O5. The summed E-state index contributed by atoms with van der Waals surface area (Å²) in [7, 11) is 0. The van der Waals surface area contributed by atoms with Crippen LogP contribution >= 0.6 is 0 Å². The summed E-state index contributed by atoms with van der Waals surface area (Å²) in [6, 6.07) is 15.6. The number of hydrogen-bond acceptors (Lipinski definition) is 6. The summed E-state index contributed by atoms with van der Waals surface area (Å²) in [5.74, 6) is -0.616. The first kappa shape index (κ1) is 17.7. The summed E-state index contributed by atoms with van der Waals surface area (Å²) in [5.41, 5.74) is 1.18. The number of ketones is 1. The molecule has 0 radical (unpaired) electrons. The van der Waals surface area contributed by atoms with Gasteiger partial charge in [-0.05, 0) is 18.1 Å². The van der Waals surface area contributed by atoms with E-state index in [0.29, 0.717) is 5.92 Å². The fourth-order valence-corrected chi connectivity index (χ4v) is 3.23. The molecule has 2 aromatic carbocycles. The first-order valence-corrected chi connectivity index (χ1v) is 8.80. The van der Waals surface area contributed by atoms with E-state index >= 15 is 0 Å². The van der Waals surface area contributed by atoms with Gasteiger partial charge in [-0.15, -0.1) is 0 Å². The smallest absolute Gasteiger partial charge is 0.271 e. The van der Waals surface area contributed by atoms with Gasteiger partial charge in [0.25, 0.3) is 11.6 Å². The molecule has 1 saturated carbocycles. The van der Waals surface area contributed by atoms with Crippen molar-refractivity contribution in [1.29, 1.82) is 0 Å². The minimum atomic E-state index is -0.651. The second-order valence-corrected chi connectivity index (χ2v) is 6.68. The van der Waals surface area contributed by atoms with Gasteiger partial charge in [-0.1, -0.05) is 36.4 Å². The molecule has 1 fully saturated rings. The highest BCUT2D eigenvalue weighted by atomic mass is 16.6. The van der Waals surface area contributed by atoms with Crippen molar-refractivity contribution in [1.82, 2.24) is 5.32 Å². The van der Waals surface area contributed by atoms with Crippen LogP contribution in [0, 0.1) is 10.1 Å². The Hall–Kier alpha value is -3.68. The lowest BCUT2D eigenvalue weighted by molar-refractivity contribution is -0.384. The van der Waals surface area contributed by atoms with Crippen LogP contribution in [-0.2, 0) is 14.3 Å². The Bertz CT molecular complexity index is 986. The normalized spacial score (nSPS) is 20.5. The fraction of sp³-hybridized carbons (Fsp3) is 0.200. The van der Waals surface area contributed by atoms with E-state index in [-0.39, 0.29) is 35.5 Å². The Balaban J connectivity index is 1.48. The number of rotatable bonds is 6. The predicted molar refractivity (Wildman–Crippen MR) is 100 cm³/mol. The van der Waals surface area contributed by atoms with Crippen molar-refractivity contribution < 1.29 is 19.2 Å². The maximum atomic E-state index is 12.6. The van der Waals surface area contributed by atoms with Crippen molar-refractivity contribution >= 4 is 23.1 Å². The largest absolute Gasteiger partial charge is 0.470 e. The average molecular weight is 379 g/mol. The zero-order valence-corrected chi connectivity index (χ0v) is 14.8. The van der Waals surface area contributed by atoms with Gasteiger partial charge in [0.1, 0.15) is 5.57 Å². The van der Waals surface area contributed by atoms with Gasteiger partial charge < -0.3 is 15.4 Å². The Labute approximate surface area is 160 Å². The third-order valence-corrected chi connectivity index (χ3v) is 4.73. The zero-order valence-electron chi connectivity index (χ0n) is 14.8. The number of non-ortho nitro benzene ring substituents is 1. The number of anilines is 1. The Kier molecular flexibility index (Phi) is 4.52. The molecule has 1 aliphatic carbocycles. The third-order valence-electron chi connectivity index (χ3n) is 4.73. The summed E-state index contributed by atoms with van der Waals surface area (Å²) in [5, 5.41) is 16.6. The number of carbonyl (C=O) groups excluding carboxylic acids is 2. The molecule has 4 rings (SSSR count). The molecule has 0 unspecified atom stereocenters. The number of amides is 1. The van der Waals surface area contributed by atoms with Gasteiger partial charge in [-0.2, -0.15) is 0 Å². The quantitative estimate of drug-likeness (QED) is 0.453. The van der Waals surface area contributed by atoms with Crippen LogP contribution in [0.5, 0.6) is 0 Å². The van der Waals surface area contributed by atoms with Crippen LogP contribution in [0.3, 0.4) is 0 Å². The summed E-state index contributed by atoms with van der Waals surface area (Å²) < 4.78 is 5.38. The van der Waals surface area contributed by atoms with Gasteiger partial charge in [0, 0.05) is 29.8 Å². The molecule has 28 heavy (non-hydrogen) atoms. The van der Waals surface area contributed by atoms with Crippen molar-refractivity contribution in [2.75, 3.05) is 11.9 Å². The highest BCUT2D eigenvalue weighted by molar-refractivity contribution is 6.25. The van der Waals surface area contributed by atoms with Crippen LogP contribution in [0.4, 0.5) is 11.4 Å². The highest BCUT2D eigenvalue weighted by Gasteiger charge is 2.41. The Morgan fingerprint density at radius 3 is 2.68 bits per heavy atom. The summed E-state index contributed by atoms with van der Waals surface area (Å²) >= 11 is 0. The molecule has 0 bridgehead atoms. The maximum Gasteiger partial charge on any atom is 0.271 e. The second kappa shape index (κ2) is 7.15. The minimum absolute atomic E-state index is 0.0870. The summed E-state index contributed by atoms with van der Waals surface area (Å²) in [6.07, 6.45) is 0.880. The maximum absolute atomic E-state index is 12.6. The molecule has 0 spiro atoms. The molecule has 1 aliphatic heterocycles. The summed E-state index contributed by atoms with van der Waals surface area (Å²) in [4.78, 5) is 35.1. The number of nitrogens with one attached hydrogen (secondary N) is 2. The van der Waals surface area contributed by atoms with Gasteiger partial charge in [0.15, 0.2) is 6.61 Å². The van der Waals surface area contributed by atoms with E-state index in [0.717, 1.165) is 6.42 Å². The second-order valence-electron chi connectivity index (χ2n) is 6.68. The van der Waals surface area contributed by atoms with Crippen molar-refractivity contribution in [3.63, 3.8) is 0 Å². The van der Waals surface area contributed by atoms with E-state index in [1.807, 2.05) is 30.3 Å². The van der Waals surface area contributed by atoms with Crippen LogP contribution in [0.1, 0.15) is 17.9 Å². The molecule has 2 N–H and O–H groups in total. The number of nitrogens with zero attached hydrogens (tertiary/aromatic N) is 1. The highest BCUT2D eigenvalue weighted by Crippen LogP contribution is 2.41. The number of hydrogen-bond donors (Lipinski definition) is 2. The molecule has 2 aromatic rings. The van der Waals surface area contributed by atoms with Gasteiger partial charge in [-0.3, -0.25) is 19.7 Å². The molecule has 2 atom stereocenters. The molecule has 0 aromatic heterocycles. The minimum Gasteiger partial charge on any atom is -0.470 e. The van der Waals surface area contributed by atoms with E-state index < -0.39 is 16.6 Å². The SMILES string of the molecule is O=C1COC(N[C@@H]2C[C@H]2c2ccccc2)=C1C(=O)Nc1cccc([N+](=O)[O-])c1. The first-order valence-electron chi connectivity index (χ1n) is 8.80. The van der Waals surface area contributed by atoms with E-state index in [4.69, 9.17) is 4.74 Å². The molecule has 142 valence electrons. The molecule has 0 saturated heterocycles. The van der Waals surface area contributed by atoms with Crippen LogP contribution in [-0.4, -0.2) is 29.3 Å². The number of benzene rings is 2. The van der Waals surface area contributed by atoms with Crippen molar-refractivity contribution in [2.45, 2.75) is 18.4 Å². The standard InChI is InChI=1S/C20H17N3O5/c24-17-11-28-20(22-16-10-15(16)12-5-2-1-3-6-12)18(17)19(25)21-13-7-4-8-14(9-13)23(26)27/h1-9,15-16,22H,10-11H2,(H,21,25)/t15-,16+/m0/s1. The number of Topliss-reactive ketones (excluding diaryl/α,β-unsaturated/α-hetero) is 1. The molecule has 8 nitrogen and oxygen atoms in total. The lowest BCUT2D eigenvalue weighted by Gasteiger charge is -2.09. The van der Waals surface area contributed by atoms with Crippen molar-refractivity contribution in [2.24, 2.45) is 0 Å². The lowest BCUT2D eigenvalue weighted by atomic mass is 10.1. The van der Waals surface area contributed by atoms with E-state index in [1.54, 1.807) is 0 Å².